The van der Waals surface area contributed by atoms with E-state index in [4.69, 9.17) is 6.42 Å². The van der Waals surface area contributed by atoms with E-state index in [1.165, 1.54) is 0 Å². The second-order valence-electron chi connectivity index (χ2n) is 7.91. The number of terminal acetylenes is 1. The summed E-state index contributed by atoms with van der Waals surface area (Å²) < 4.78 is 1.90. The van der Waals surface area contributed by atoms with Gasteiger partial charge in [0, 0.05) is 44.8 Å². The highest BCUT2D eigenvalue weighted by molar-refractivity contribution is 5.95. The van der Waals surface area contributed by atoms with Crippen LogP contribution in [0.2, 0.25) is 0 Å². The Morgan fingerprint density at radius 2 is 2.18 bits per heavy atom. The lowest BCUT2D eigenvalue weighted by atomic mass is 9.94. The number of carbonyl (C=O) groups excluding carboxylic acids is 2. The van der Waals surface area contributed by atoms with E-state index >= 15 is 0 Å². The monoisotopic (exact) mass is 384 g/mol. The molecular weight excluding hydrogens is 356 g/mol. The summed E-state index contributed by atoms with van der Waals surface area (Å²) in [5, 5.41) is 18.4. The minimum absolute atomic E-state index is 0.00855. The van der Waals surface area contributed by atoms with Gasteiger partial charge in [-0.1, -0.05) is 0 Å². The van der Waals surface area contributed by atoms with Gasteiger partial charge in [-0.05, 0) is 32.6 Å². The third kappa shape index (κ3) is 4.97. The van der Waals surface area contributed by atoms with E-state index in [2.05, 4.69) is 31.9 Å². The molecule has 0 bridgehead atoms. The summed E-state index contributed by atoms with van der Waals surface area (Å²) in [6, 6.07) is 0.0792. The number of nitrogens with one attached hydrogen (secondary N) is 2. The molecule has 1 unspecified atom stereocenters. The molecule has 8 nitrogen and oxygen atoms in total. The molecule has 1 aromatic heterocycles. The molecule has 0 saturated heterocycles. The summed E-state index contributed by atoms with van der Waals surface area (Å²) in [5.74, 6) is 2.81. The first kappa shape index (κ1) is 20.1. The zero-order valence-electron chi connectivity index (χ0n) is 16.6. The topological polar surface area (TPSA) is 101 Å². The zero-order chi connectivity index (χ0) is 20.1. The summed E-state index contributed by atoms with van der Waals surface area (Å²) in [4.78, 5) is 24.6. The molecule has 1 aromatic rings. The first-order valence-electron chi connectivity index (χ1n) is 9.92. The largest absolute Gasteiger partial charge is 0.356 e. The molecule has 0 fully saturated rings. The molecule has 2 aliphatic rings. The summed E-state index contributed by atoms with van der Waals surface area (Å²) in [6.07, 6.45) is 10.9. The lowest BCUT2D eigenvalue weighted by Crippen LogP contribution is -2.35. The molecule has 1 atom stereocenters. The van der Waals surface area contributed by atoms with Crippen LogP contribution in [-0.4, -0.2) is 39.8 Å². The predicted molar refractivity (Wildman–Crippen MR) is 105 cm³/mol. The van der Waals surface area contributed by atoms with Crippen LogP contribution in [0.4, 0.5) is 0 Å². The summed E-state index contributed by atoms with van der Waals surface area (Å²) in [6.45, 7) is 5.23. The highest BCUT2D eigenvalue weighted by atomic mass is 16.2. The molecule has 28 heavy (non-hydrogen) atoms. The Kier molecular flexibility index (Phi) is 6.12. The Morgan fingerprint density at radius 3 is 2.86 bits per heavy atom. The molecule has 0 radical (unpaired) electrons. The maximum atomic E-state index is 12.4. The van der Waals surface area contributed by atoms with Gasteiger partial charge >= 0.3 is 0 Å². The maximum Gasteiger partial charge on any atom is 0.254 e. The van der Waals surface area contributed by atoms with Crippen LogP contribution in [0.5, 0.6) is 0 Å². The molecular formula is C20H28N6O2. The number of hydrogen-bond acceptors (Lipinski definition) is 5. The third-order valence-corrected chi connectivity index (χ3v) is 5.24. The van der Waals surface area contributed by atoms with Crippen molar-refractivity contribution in [2.75, 3.05) is 6.54 Å². The molecule has 2 aliphatic heterocycles. The molecule has 3 rings (SSSR count). The number of aryl methyl sites for hydroxylation is 1. The highest BCUT2D eigenvalue weighted by Gasteiger charge is 2.39. The molecule has 2 amide bonds. The van der Waals surface area contributed by atoms with Gasteiger partial charge in [0.05, 0.1) is 17.5 Å². The first-order valence-corrected chi connectivity index (χ1v) is 9.92. The van der Waals surface area contributed by atoms with Crippen LogP contribution in [0.1, 0.15) is 62.0 Å². The van der Waals surface area contributed by atoms with Crippen molar-refractivity contribution in [3.8, 4) is 12.3 Å². The first-order chi connectivity index (χ1) is 13.4. The van der Waals surface area contributed by atoms with E-state index in [1.54, 1.807) is 6.20 Å². The van der Waals surface area contributed by atoms with Gasteiger partial charge in [-0.2, -0.15) is 15.3 Å². The van der Waals surface area contributed by atoms with E-state index in [1.807, 2.05) is 18.5 Å². The van der Waals surface area contributed by atoms with Crippen LogP contribution < -0.4 is 10.6 Å². The van der Waals surface area contributed by atoms with Crippen molar-refractivity contribution >= 4 is 11.8 Å². The van der Waals surface area contributed by atoms with Gasteiger partial charge in [0.1, 0.15) is 0 Å². The standard InChI is InChI=1S/C20H28N6O2/c1-4-5-8-20(24-25-20)9-6-18(27)21-12-15-7-10-26-17(11-15)16(13-22-26)19(28)23-14(2)3/h1,13-15H,5-12H2,2-3H3,(H,21,27)(H,23,28). The van der Waals surface area contributed by atoms with Crippen molar-refractivity contribution < 1.29 is 9.59 Å². The normalized spacial score (nSPS) is 19.0. The molecule has 0 aliphatic carbocycles. The zero-order valence-corrected chi connectivity index (χ0v) is 16.6. The van der Waals surface area contributed by atoms with E-state index in [9.17, 15) is 9.59 Å². The lowest BCUT2D eigenvalue weighted by Gasteiger charge is -2.24. The molecule has 3 heterocycles. The molecule has 0 spiro atoms. The number of amides is 2. The molecule has 8 heteroatoms. The number of aromatic nitrogens is 2. The Bertz CT molecular complexity index is 798. The predicted octanol–water partition coefficient (Wildman–Crippen LogP) is 2.06. The van der Waals surface area contributed by atoms with E-state index in [0.717, 1.165) is 25.1 Å². The van der Waals surface area contributed by atoms with Gasteiger partial charge in [0.2, 0.25) is 5.91 Å². The SMILES string of the molecule is C#CCCC1(CCC(=O)NCC2CCn3ncc(C(=O)NC(C)C)c3C2)N=N1. The fourth-order valence-corrected chi connectivity index (χ4v) is 3.53. The molecule has 0 saturated carbocycles. The van der Waals surface area contributed by atoms with Gasteiger partial charge in [0.15, 0.2) is 5.66 Å². The van der Waals surface area contributed by atoms with Crippen molar-refractivity contribution in [3.63, 3.8) is 0 Å². The minimum atomic E-state index is -0.417. The van der Waals surface area contributed by atoms with Crippen LogP contribution >= 0.6 is 0 Å². The van der Waals surface area contributed by atoms with Crippen molar-refractivity contribution in [3.05, 3.63) is 17.5 Å². The number of carbonyl (C=O) groups is 2. The van der Waals surface area contributed by atoms with Crippen LogP contribution in [0.15, 0.2) is 16.4 Å². The van der Waals surface area contributed by atoms with Crippen molar-refractivity contribution in [2.45, 2.75) is 70.6 Å². The molecule has 2 N–H and O–H groups in total. The Labute approximate surface area is 165 Å². The van der Waals surface area contributed by atoms with Gasteiger partial charge in [0.25, 0.3) is 5.91 Å². The quantitative estimate of drug-likeness (QED) is 0.637. The average Bonchev–Trinajstić information content (AvgIpc) is 3.31. The molecule has 0 aromatic carbocycles. The van der Waals surface area contributed by atoms with Crippen LogP contribution in [0, 0.1) is 18.3 Å². The number of nitrogens with zero attached hydrogens (tertiary/aromatic N) is 4. The lowest BCUT2D eigenvalue weighted by molar-refractivity contribution is -0.121. The summed E-state index contributed by atoms with van der Waals surface area (Å²) in [7, 11) is 0. The number of rotatable bonds is 9. The maximum absolute atomic E-state index is 12.4. The highest BCUT2D eigenvalue weighted by Crippen LogP contribution is 2.37. The van der Waals surface area contributed by atoms with Gasteiger partial charge in [-0.15, -0.1) is 12.3 Å². The van der Waals surface area contributed by atoms with Gasteiger partial charge in [-0.25, -0.2) is 0 Å². The number of hydrogen-bond donors (Lipinski definition) is 2. The third-order valence-electron chi connectivity index (χ3n) is 5.24. The minimum Gasteiger partial charge on any atom is -0.356 e. The Hall–Kier alpha value is -2.69. The second kappa shape index (κ2) is 8.55. The van der Waals surface area contributed by atoms with Crippen molar-refractivity contribution in [1.29, 1.82) is 0 Å². The average molecular weight is 384 g/mol. The fourth-order valence-electron chi connectivity index (χ4n) is 3.53. The van der Waals surface area contributed by atoms with Crippen LogP contribution in [0.25, 0.3) is 0 Å². The Balaban J connectivity index is 1.46. The van der Waals surface area contributed by atoms with E-state index in [-0.39, 0.29) is 17.9 Å². The smallest absolute Gasteiger partial charge is 0.254 e. The van der Waals surface area contributed by atoms with Crippen molar-refractivity contribution in [1.82, 2.24) is 20.4 Å². The summed E-state index contributed by atoms with van der Waals surface area (Å²) in [5.41, 5.74) is 1.17. The number of fused-ring (bicyclic) bond motifs is 1. The summed E-state index contributed by atoms with van der Waals surface area (Å²) >= 11 is 0. The van der Waals surface area contributed by atoms with E-state index in [0.29, 0.717) is 43.7 Å². The second-order valence-corrected chi connectivity index (χ2v) is 7.91. The van der Waals surface area contributed by atoms with Crippen LogP contribution in [0.3, 0.4) is 0 Å². The van der Waals surface area contributed by atoms with E-state index < -0.39 is 5.66 Å². The Morgan fingerprint density at radius 1 is 1.39 bits per heavy atom. The van der Waals surface area contributed by atoms with Crippen molar-refractivity contribution in [2.24, 2.45) is 16.1 Å². The van der Waals surface area contributed by atoms with Gasteiger partial charge < -0.3 is 10.6 Å². The van der Waals surface area contributed by atoms with Crippen LogP contribution in [-0.2, 0) is 17.8 Å². The van der Waals surface area contributed by atoms with Gasteiger partial charge in [-0.3, -0.25) is 14.3 Å². The fraction of sp³-hybridized carbons (Fsp3) is 0.650. The molecule has 150 valence electrons.